The third-order valence-electron chi connectivity index (χ3n) is 4.69. The van der Waals surface area contributed by atoms with E-state index in [0.717, 1.165) is 35.9 Å². The molecule has 5 nitrogen and oxygen atoms in total. The van der Waals surface area contributed by atoms with E-state index in [9.17, 15) is 0 Å². The molecule has 2 atom stereocenters. The normalized spacial score (nSPS) is 13.6. The fourth-order valence-corrected chi connectivity index (χ4v) is 3.16. The van der Waals surface area contributed by atoms with E-state index in [-0.39, 0.29) is 35.9 Å². The van der Waals surface area contributed by atoms with E-state index in [2.05, 4.69) is 67.8 Å². The van der Waals surface area contributed by atoms with Crippen LogP contribution in [0.3, 0.4) is 0 Å². The van der Waals surface area contributed by atoms with Gasteiger partial charge in [0.2, 0.25) is 0 Å². The Labute approximate surface area is 180 Å². The topological polar surface area (TPSA) is 62.5 Å². The van der Waals surface area contributed by atoms with Crippen LogP contribution in [0.1, 0.15) is 67.8 Å². The van der Waals surface area contributed by atoms with Crippen molar-refractivity contribution in [1.82, 2.24) is 15.8 Å². The van der Waals surface area contributed by atoms with Crippen molar-refractivity contribution in [2.45, 2.75) is 59.9 Å². The summed E-state index contributed by atoms with van der Waals surface area (Å²) in [4.78, 5) is 4.78. The van der Waals surface area contributed by atoms with Gasteiger partial charge in [-0.05, 0) is 45.2 Å². The molecule has 0 saturated carbocycles. The second-order valence-corrected chi connectivity index (χ2v) is 6.82. The molecule has 0 aliphatic rings. The minimum Gasteiger partial charge on any atom is -0.361 e. The molecule has 0 aliphatic carbocycles. The molecular weight excluding hydrogens is 451 g/mol. The van der Waals surface area contributed by atoms with Crippen LogP contribution in [0.5, 0.6) is 0 Å². The molecule has 1 heterocycles. The smallest absolute Gasteiger partial charge is 0.191 e. The average molecular weight is 484 g/mol. The maximum Gasteiger partial charge on any atom is 0.191 e. The molecule has 2 N–H and O–H groups in total. The van der Waals surface area contributed by atoms with Crippen molar-refractivity contribution >= 4 is 29.9 Å². The second kappa shape index (κ2) is 11.3. The highest BCUT2D eigenvalue weighted by Gasteiger charge is 2.16. The Bertz CT molecular complexity index is 705. The first-order valence-electron chi connectivity index (χ1n) is 9.52. The Morgan fingerprint density at radius 3 is 2.33 bits per heavy atom. The summed E-state index contributed by atoms with van der Waals surface area (Å²) >= 11 is 0. The zero-order valence-corrected chi connectivity index (χ0v) is 19.6. The lowest BCUT2D eigenvalue weighted by Crippen LogP contribution is -2.39. The van der Waals surface area contributed by atoms with Gasteiger partial charge in [0.05, 0.1) is 11.7 Å². The third kappa shape index (κ3) is 6.52. The molecule has 2 rings (SSSR count). The van der Waals surface area contributed by atoms with Crippen molar-refractivity contribution in [2.24, 2.45) is 4.99 Å². The van der Waals surface area contributed by atoms with Gasteiger partial charge < -0.3 is 15.2 Å². The fraction of sp³-hybridized carbons (Fsp3) is 0.524. The Kier molecular flexibility index (Phi) is 9.83. The largest absolute Gasteiger partial charge is 0.361 e. The van der Waals surface area contributed by atoms with Gasteiger partial charge in [0.25, 0.3) is 0 Å². The monoisotopic (exact) mass is 484 g/mol. The summed E-state index contributed by atoms with van der Waals surface area (Å²) in [6.45, 7) is 14.0. The van der Waals surface area contributed by atoms with E-state index in [1.807, 2.05) is 13.8 Å². The van der Waals surface area contributed by atoms with E-state index in [1.165, 1.54) is 11.1 Å². The van der Waals surface area contributed by atoms with Crippen molar-refractivity contribution < 1.29 is 4.52 Å². The number of rotatable bonds is 7. The molecule has 1 aromatic carbocycles. The van der Waals surface area contributed by atoms with Gasteiger partial charge in [-0.15, -0.1) is 24.0 Å². The first kappa shape index (κ1) is 23.5. The number of hydrogen-bond donors (Lipinski definition) is 2. The zero-order valence-electron chi connectivity index (χ0n) is 17.3. The van der Waals surface area contributed by atoms with E-state index in [1.54, 1.807) is 0 Å². The summed E-state index contributed by atoms with van der Waals surface area (Å²) in [5.41, 5.74) is 4.72. The summed E-state index contributed by atoms with van der Waals surface area (Å²) in [7, 11) is 0. The molecule has 0 fully saturated rings. The molecule has 27 heavy (non-hydrogen) atoms. The van der Waals surface area contributed by atoms with Crippen molar-refractivity contribution in [3.05, 3.63) is 52.4 Å². The SMILES string of the molecule is CCNC(=NCC(C)c1c(C)noc1C)NC(C)c1ccc(CC)cc1.I. The minimum absolute atomic E-state index is 0. The van der Waals surface area contributed by atoms with Crippen LogP contribution in [-0.2, 0) is 6.42 Å². The Balaban J connectivity index is 0.00000364. The number of hydrogen-bond acceptors (Lipinski definition) is 3. The summed E-state index contributed by atoms with van der Waals surface area (Å²) in [5, 5.41) is 10.9. The Morgan fingerprint density at radius 1 is 1.15 bits per heavy atom. The van der Waals surface area contributed by atoms with Gasteiger partial charge in [0.15, 0.2) is 5.96 Å². The Morgan fingerprint density at radius 2 is 1.81 bits per heavy atom. The van der Waals surface area contributed by atoms with Gasteiger partial charge in [-0.25, -0.2) is 0 Å². The molecule has 0 saturated heterocycles. The van der Waals surface area contributed by atoms with Crippen molar-refractivity contribution in [3.63, 3.8) is 0 Å². The summed E-state index contributed by atoms with van der Waals surface area (Å²) in [5.74, 6) is 1.97. The number of nitrogens with one attached hydrogen (secondary N) is 2. The number of aromatic nitrogens is 1. The third-order valence-corrected chi connectivity index (χ3v) is 4.69. The number of guanidine groups is 1. The maximum absolute atomic E-state index is 5.28. The van der Waals surface area contributed by atoms with Gasteiger partial charge in [-0.1, -0.05) is 43.3 Å². The molecule has 2 aromatic rings. The predicted octanol–water partition coefficient (Wildman–Crippen LogP) is 4.89. The first-order valence-corrected chi connectivity index (χ1v) is 9.52. The number of benzene rings is 1. The maximum atomic E-state index is 5.28. The molecule has 2 unspecified atom stereocenters. The van der Waals surface area contributed by atoms with Crippen LogP contribution < -0.4 is 10.6 Å². The van der Waals surface area contributed by atoms with Crippen LogP contribution >= 0.6 is 24.0 Å². The van der Waals surface area contributed by atoms with Crippen molar-refractivity contribution in [3.8, 4) is 0 Å². The van der Waals surface area contributed by atoms with E-state index >= 15 is 0 Å². The average Bonchev–Trinajstić information content (AvgIpc) is 2.98. The molecule has 1 aromatic heterocycles. The molecular formula is C21H33IN4O. The highest BCUT2D eigenvalue weighted by atomic mass is 127. The standard InChI is InChI=1S/C21H32N4O.HI/c1-7-18-9-11-19(12-10-18)15(4)24-21(22-8-2)23-13-14(3)20-16(5)25-26-17(20)6;/h9-12,14-15H,7-8,13H2,1-6H3,(H2,22,23,24);1H. The molecule has 0 aliphatic heterocycles. The lowest BCUT2D eigenvalue weighted by atomic mass is 10.00. The molecule has 0 spiro atoms. The number of aliphatic imine (C=N–C) groups is 1. The fourth-order valence-electron chi connectivity index (χ4n) is 3.16. The molecule has 150 valence electrons. The van der Waals surface area contributed by atoms with Gasteiger partial charge in [0.1, 0.15) is 5.76 Å². The predicted molar refractivity (Wildman–Crippen MR) is 123 cm³/mol. The van der Waals surface area contributed by atoms with E-state index in [0.29, 0.717) is 6.54 Å². The second-order valence-electron chi connectivity index (χ2n) is 6.82. The van der Waals surface area contributed by atoms with Gasteiger partial charge in [-0.3, -0.25) is 4.99 Å². The zero-order chi connectivity index (χ0) is 19.1. The summed E-state index contributed by atoms with van der Waals surface area (Å²) < 4.78 is 5.28. The van der Waals surface area contributed by atoms with Crippen molar-refractivity contribution in [1.29, 1.82) is 0 Å². The minimum atomic E-state index is 0. The summed E-state index contributed by atoms with van der Waals surface area (Å²) in [6, 6.07) is 8.95. The van der Waals surface area contributed by atoms with Gasteiger partial charge in [0, 0.05) is 24.6 Å². The van der Waals surface area contributed by atoms with Crippen LogP contribution in [0.4, 0.5) is 0 Å². The van der Waals surface area contributed by atoms with E-state index in [4.69, 9.17) is 9.52 Å². The van der Waals surface area contributed by atoms with Crippen LogP contribution in [0.25, 0.3) is 0 Å². The first-order chi connectivity index (χ1) is 12.5. The van der Waals surface area contributed by atoms with Gasteiger partial charge in [-0.2, -0.15) is 0 Å². The molecule has 6 heteroatoms. The summed E-state index contributed by atoms with van der Waals surface area (Å²) in [6.07, 6.45) is 1.06. The highest BCUT2D eigenvalue weighted by molar-refractivity contribution is 14.0. The van der Waals surface area contributed by atoms with Crippen LogP contribution in [-0.4, -0.2) is 24.2 Å². The quantitative estimate of drug-likeness (QED) is 0.334. The molecule has 0 amide bonds. The number of aryl methyl sites for hydroxylation is 3. The van der Waals surface area contributed by atoms with Crippen LogP contribution in [0, 0.1) is 13.8 Å². The number of halogens is 1. The Hall–Kier alpha value is -1.57. The van der Waals surface area contributed by atoms with Crippen LogP contribution in [0.15, 0.2) is 33.8 Å². The van der Waals surface area contributed by atoms with Crippen LogP contribution in [0.2, 0.25) is 0 Å². The molecule has 0 bridgehead atoms. The lowest BCUT2D eigenvalue weighted by molar-refractivity contribution is 0.391. The molecule has 0 radical (unpaired) electrons. The van der Waals surface area contributed by atoms with E-state index < -0.39 is 0 Å². The van der Waals surface area contributed by atoms with Gasteiger partial charge >= 0.3 is 0 Å². The van der Waals surface area contributed by atoms with Crippen molar-refractivity contribution in [2.75, 3.05) is 13.1 Å². The number of nitrogens with zero attached hydrogens (tertiary/aromatic N) is 2. The lowest BCUT2D eigenvalue weighted by Gasteiger charge is -2.19. The highest BCUT2D eigenvalue weighted by Crippen LogP contribution is 2.23.